The summed E-state index contributed by atoms with van der Waals surface area (Å²) in [5, 5.41) is 0. The summed E-state index contributed by atoms with van der Waals surface area (Å²) >= 11 is 0. The van der Waals surface area contributed by atoms with E-state index < -0.39 is 15.6 Å². The van der Waals surface area contributed by atoms with Gasteiger partial charge in [0.15, 0.2) is 10.1 Å². The zero-order valence-electron chi connectivity index (χ0n) is 10.4. The van der Waals surface area contributed by atoms with E-state index in [1.165, 1.54) is 18.7 Å². The standard InChI is InChI=1S/C8H14N2.CHF3O3S.ClH/c1-3-4-6-10-7-5-9-8(10)2;2-1(3,4)8(5,6)7;/h5,7H,3-4,6H2,1-2H3;(H,5,6,7);1H. The molecule has 0 fully saturated rings. The Hall–Kier alpha value is -0.800. The molecule has 0 saturated carbocycles. The molecule has 10 heteroatoms. The molecule has 0 radical (unpaired) electrons. The van der Waals surface area contributed by atoms with Gasteiger partial charge in [0.1, 0.15) is 12.4 Å². The van der Waals surface area contributed by atoms with Crippen molar-refractivity contribution in [3.8, 4) is 0 Å². The lowest BCUT2D eigenvalue weighted by atomic mass is 10.3. The average Bonchev–Trinajstić information content (AvgIpc) is 2.59. The number of aromatic amines is 1. The van der Waals surface area contributed by atoms with Gasteiger partial charge in [-0.2, -0.15) is 13.2 Å². The minimum absolute atomic E-state index is 0. The molecular weight excluding hydrogens is 309 g/mol. The van der Waals surface area contributed by atoms with Gasteiger partial charge in [-0.15, -0.1) is 12.4 Å². The Kier molecular flexibility index (Phi) is 9.06. The van der Waals surface area contributed by atoms with Crippen LogP contribution in [-0.2, 0) is 16.7 Å². The molecule has 0 atom stereocenters. The van der Waals surface area contributed by atoms with Gasteiger partial charge in [0.05, 0.1) is 6.54 Å². The number of nitrogens with one attached hydrogen (secondary N) is 1. The third kappa shape index (κ3) is 8.06. The van der Waals surface area contributed by atoms with Crippen molar-refractivity contribution < 1.29 is 30.7 Å². The molecule has 19 heavy (non-hydrogen) atoms. The summed E-state index contributed by atoms with van der Waals surface area (Å²) in [4.78, 5) is 3.14. The number of alkyl halides is 3. The second-order valence-electron chi connectivity index (χ2n) is 3.49. The first kappa shape index (κ1) is 20.5. The molecule has 1 heterocycles. The second-order valence-corrected chi connectivity index (χ2v) is 4.86. The third-order valence-corrected chi connectivity index (χ3v) is 2.58. The number of aromatic nitrogens is 2. The fourth-order valence-electron chi connectivity index (χ4n) is 1.01. The zero-order chi connectivity index (χ0) is 14.4. The van der Waals surface area contributed by atoms with E-state index in [0.29, 0.717) is 0 Å². The van der Waals surface area contributed by atoms with Gasteiger partial charge in [0.2, 0.25) is 0 Å². The molecule has 0 aliphatic heterocycles. The van der Waals surface area contributed by atoms with Crippen LogP contribution in [0, 0.1) is 6.92 Å². The molecule has 0 unspecified atom stereocenters. The van der Waals surface area contributed by atoms with E-state index in [1.807, 2.05) is 6.20 Å². The summed E-state index contributed by atoms with van der Waals surface area (Å²) in [5.41, 5.74) is -5.65. The molecule has 1 aromatic rings. The van der Waals surface area contributed by atoms with E-state index >= 15 is 0 Å². The number of unbranched alkanes of at least 4 members (excludes halogenated alkanes) is 1. The average molecular weight is 325 g/mol. The number of hydrogen-bond donors (Lipinski definition) is 1. The van der Waals surface area contributed by atoms with Crippen LogP contribution in [-0.4, -0.2) is 23.5 Å². The lowest BCUT2D eigenvalue weighted by molar-refractivity contribution is -0.701. The van der Waals surface area contributed by atoms with Crippen molar-refractivity contribution in [3.63, 3.8) is 0 Å². The molecule has 0 aliphatic carbocycles. The SMILES string of the molecule is CCCC[n+]1cc[nH]c1C.Cl.O=S(=O)([O-])C(F)(F)F. The Labute approximate surface area is 116 Å². The van der Waals surface area contributed by atoms with Gasteiger partial charge < -0.3 is 4.55 Å². The maximum atomic E-state index is 10.7. The van der Waals surface area contributed by atoms with Crippen LogP contribution in [0.2, 0.25) is 0 Å². The Bertz CT molecular complexity index is 460. The predicted molar refractivity (Wildman–Crippen MR) is 63.6 cm³/mol. The summed E-state index contributed by atoms with van der Waals surface area (Å²) < 4.78 is 61.1. The highest BCUT2D eigenvalue weighted by atomic mass is 35.5. The molecule has 0 spiro atoms. The van der Waals surface area contributed by atoms with E-state index in [1.54, 1.807) is 0 Å². The van der Waals surface area contributed by atoms with Gasteiger partial charge in [0, 0.05) is 6.92 Å². The van der Waals surface area contributed by atoms with E-state index in [4.69, 9.17) is 13.0 Å². The lowest BCUT2D eigenvalue weighted by Crippen LogP contribution is -2.34. The smallest absolute Gasteiger partial charge is 0.485 e. The molecule has 5 nitrogen and oxygen atoms in total. The number of halogens is 4. The van der Waals surface area contributed by atoms with Crippen molar-refractivity contribution in [2.24, 2.45) is 0 Å². The van der Waals surface area contributed by atoms with Crippen LogP contribution in [0.4, 0.5) is 13.2 Å². The monoisotopic (exact) mass is 324 g/mol. The molecule has 0 saturated heterocycles. The maximum Gasteiger partial charge on any atom is 0.485 e. The first-order valence-corrected chi connectivity index (χ1v) is 6.56. The highest BCUT2D eigenvalue weighted by Crippen LogP contribution is 2.20. The fraction of sp³-hybridized carbons (Fsp3) is 0.667. The Balaban J connectivity index is 0. The fourth-order valence-corrected chi connectivity index (χ4v) is 1.01. The van der Waals surface area contributed by atoms with E-state index in [-0.39, 0.29) is 12.4 Å². The Morgan fingerprint density at radius 2 is 1.89 bits per heavy atom. The van der Waals surface area contributed by atoms with E-state index in [9.17, 15) is 13.2 Å². The summed E-state index contributed by atoms with van der Waals surface area (Å²) in [7, 11) is -6.09. The topological polar surface area (TPSA) is 76.9 Å². The minimum atomic E-state index is -6.09. The molecule has 114 valence electrons. The van der Waals surface area contributed by atoms with Crippen LogP contribution in [0.5, 0.6) is 0 Å². The highest BCUT2D eigenvalue weighted by Gasteiger charge is 2.36. The van der Waals surface area contributed by atoms with Gasteiger partial charge in [-0.3, -0.25) is 0 Å². The first-order chi connectivity index (χ1) is 8.09. The summed E-state index contributed by atoms with van der Waals surface area (Å²) in [6, 6.07) is 0. The van der Waals surface area contributed by atoms with Crippen LogP contribution < -0.4 is 4.57 Å². The lowest BCUT2D eigenvalue weighted by Gasteiger charge is -2.08. The molecule has 0 aromatic carbocycles. The van der Waals surface area contributed by atoms with Gasteiger partial charge in [-0.1, -0.05) is 13.3 Å². The molecule has 0 bridgehead atoms. The molecular formula is C9H16ClF3N2O3S. The minimum Gasteiger partial charge on any atom is -0.741 e. The largest absolute Gasteiger partial charge is 0.741 e. The zero-order valence-corrected chi connectivity index (χ0v) is 12.0. The molecule has 1 aromatic heterocycles. The van der Waals surface area contributed by atoms with Gasteiger partial charge in [0.25, 0.3) is 5.82 Å². The summed E-state index contributed by atoms with van der Waals surface area (Å²) in [6.07, 6.45) is 6.59. The number of H-pyrrole nitrogens is 1. The quantitative estimate of drug-likeness (QED) is 0.524. The van der Waals surface area contributed by atoms with Crippen LogP contribution in [0.3, 0.4) is 0 Å². The number of imidazole rings is 1. The Morgan fingerprint density at radius 3 is 2.16 bits per heavy atom. The molecule has 1 N–H and O–H groups in total. The predicted octanol–water partition coefficient (Wildman–Crippen LogP) is 1.88. The first-order valence-electron chi connectivity index (χ1n) is 5.15. The summed E-state index contributed by atoms with van der Waals surface area (Å²) in [5.74, 6) is 1.24. The van der Waals surface area contributed by atoms with Crippen LogP contribution in [0.15, 0.2) is 12.4 Å². The van der Waals surface area contributed by atoms with Crippen LogP contribution >= 0.6 is 12.4 Å². The van der Waals surface area contributed by atoms with E-state index in [0.717, 1.165) is 6.54 Å². The van der Waals surface area contributed by atoms with Gasteiger partial charge in [-0.25, -0.2) is 18.0 Å². The number of aryl methyl sites for hydroxylation is 2. The molecule has 0 amide bonds. The van der Waals surface area contributed by atoms with Crippen molar-refractivity contribution in [1.82, 2.24) is 4.98 Å². The molecule has 1 rings (SSSR count). The number of rotatable bonds is 3. The van der Waals surface area contributed by atoms with Crippen LogP contribution in [0.25, 0.3) is 0 Å². The van der Waals surface area contributed by atoms with Crippen molar-refractivity contribution in [1.29, 1.82) is 0 Å². The number of hydrogen-bond acceptors (Lipinski definition) is 3. The highest BCUT2D eigenvalue weighted by molar-refractivity contribution is 7.86. The van der Waals surface area contributed by atoms with E-state index in [2.05, 4.69) is 29.6 Å². The Morgan fingerprint density at radius 1 is 1.42 bits per heavy atom. The van der Waals surface area contributed by atoms with Crippen molar-refractivity contribution in [2.45, 2.75) is 38.7 Å². The van der Waals surface area contributed by atoms with Crippen LogP contribution in [0.1, 0.15) is 25.6 Å². The molecule has 0 aliphatic rings. The second kappa shape index (κ2) is 8.39. The van der Waals surface area contributed by atoms with Gasteiger partial charge in [-0.05, 0) is 6.42 Å². The summed E-state index contributed by atoms with van der Waals surface area (Å²) in [6.45, 7) is 5.45. The van der Waals surface area contributed by atoms with Gasteiger partial charge >= 0.3 is 5.51 Å². The van der Waals surface area contributed by atoms with Crippen molar-refractivity contribution in [2.75, 3.05) is 0 Å². The van der Waals surface area contributed by atoms with Crippen molar-refractivity contribution in [3.05, 3.63) is 18.2 Å². The number of nitrogens with zero attached hydrogens (tertiary/aromatic N) is 1. The third-order valence-electron chi connectivity index (χ3n) is 2.01. The normalized spacial score (nSPS) is 11.3. The van der Waals surface area contributed by atoms with Crippen molar-refractivity contribution >= 4 is 22.5 Å². The maximum absolute atomic E-state index is 10.7.